The second kappa shape index (κ2) is 8.97. The van der Waals surface area contributed by atoms with E-state index in [0.717, 1.165) is 5.56 Å². The second-order valence-corrected chi connectivity index (χ2v) is 4.67. The fourth-order valence-electron chi connectivity index (χ4n) is 1.55. The number of alkyl carbamates (subject to hydrolysis) is 1. The molecule has 0 saturated carbocycles. The zero-order chi connectivity index (χ0) is 15.7. The standard InChI is InChI=1S/C15H21NO5/c1-11(2)21-14(17)13(16-15(18)19-3)10-20-9-12-7-5-4-6-8-12/h4-8,11,13H,9-10H2,1-3H3,(H,16,18). The molecule has 1 atom stereocenters. The van der Waals surface area contributed by atoms with Gasteiger partial charge in [-0.2, -0.15) is 0 Å². The van der Waals surface area contributed by atoms with Crippen molar-refractivity contribution in [2.24, 2.45) is 0 Å². The van der Waals surface area contributed by atoms with Crippen LogP contribution in [-0.4, -0.2) is 37.9 Å². The van der Waals surface area contributed by atoms with E-state index in [-0.39, 0.29) is 12.7 Å². The highest BCUT2D eigenvalue weighted by atomic mass is 16.6. The van der Waals surface area contributed by atoms with Gasteiger partial charge in [0, 0.05) is 0 Å². The molecule has 1 N–H and O–H groups in total. The van der Waals surface area contributed by atoms with Gasteiger partial charge >= 0.3 is 12.1 Å². The van der Waals surface area contributed by atoms with Crippen molar-refractivity contribution in [2.75, 3.05) is 13.7 Å². The molecule has 6 nitrogen and oxygen atoms in total. The molecule has 1 rings (SSSR count). The van der Waals surface area contributed by atoms with Gasteiger partial charge in [0.25, 0.3) is 0 Å². The normalized spacial score (nSPS) is 11.8. The lowest BCUT2D eigenvalue weighted by Crippen LogP contribution is -2.45. The smallest absolute Gasteiger partial charge is 0.407 e. The van der Waals surface area contributed by atoms with Crippen LogP contribution in [0.4, 0.5) is 4.79 Å². The molecule has 0 bridgehead atoms. The molecular formula is C15H21NO5. The zero-order valence-electron chi connectivity index (χ0n) is 12.5. The molecule has 1 aromatic carbocycles. The Morgan fingerprint density at radius 2 is 1.86 bits per heavy atom. The van der Waals surface area contributed by atoms with Crippen molar-refractivity contribution in [3.8, 4) is 0 Å². The van der Waals surface area contributed by atoms with Crippen LogP contribution < -0.4 is 5.32 Å². The molecule has 0 aromatic heterocycles. The Hall–Kier alpha value is -2.08. The highest BCUT2D eigenvalue weighted by molar-refractivity contribution is 5.81. The first kappa shape index (κ1) is 17.0. The van der Waals surface area contributed by atoms with Crippen molar-refractivity contribution in [3.63, 3.8) is 0 Å². The lowest BCUT2D eigenvalue weighted by molar-refractivity contribution is -0.151. The summed E-state index contributed by atoms with van der Waals surface area (Å²) in [7, 11) is 1.23. The van der Waals surface area contributed by atoms with Crippen molar-refractivity contribution < 1.29 is 23.8 Å². The maximum Gasteiger partial charge on any atom is 0.407 e. The van der Waals surface area contributed by atoms with Crippen molar-refractivity contribution >= 4 is 12.1 Å². The van der Waals surface area contributed by atoms with E-state index >= 15 is 0 Å². The Balaban J connectivity index is 2.51. The summed E-state index contributed by atoms with van der Waals surface area (Å²) in [6.07, 6.45) is -0.974. The van der Waals surface area contributed by atoms with Crippen LogP contribution in [0, 0.1) is 0 Å². The van der Waals surface area contributed by atoms with Gasteiger partial charge in [-0.1, -0.05) is 30.3 Å². The molecular weight excluding hydrogens is 274 g/mol. The van der Waals surface area contributed by atoms with Gasteiger partial charge in [0.15, 0.2) is 6.04 Å². The van der Waals surface area contributed by atoms with Gasteiger partial charge in [0.1, 0.15) is 0 Å². The van der Waals surface area contributed by atoms with Crippen LogP contribution >= 0.6 is 0 Å². The van der Waals surface area contributed by atoms with Gasteiger partial charge in [0.05, 0.1) is 26.4 Å². The van der Waals surface area contributed by atoms with Gasteiger partial charge in [-0.3, -0.25) is 0 Å². The Morgan fingerprint density at radius 3 is 2.43 bits per heavy atom. The number of hydrogen-bond acceptors (Lipinski definition) is 5. The Kier molecular flexibility index (Phi) is 7.25. The quantitative estimate of drug-likeness (QED) is 0.777. The summed E-state index contributed by atoms with van der Waals surface area (Å²) in [6, 6.07) is 8.63. The van der Waals surface area contributed by atoms with E-state index in [1.54, 1.807) is 13.8 Å². The van der Waals surface area contributed by atoms with Crippen LogP contribution in [0.15, 0.2) is 30.3 Å². The molecule has 0 radical (unpaired) electrons. The highest BCUT2D eigenvalue weighted by Crippen LogP contribution is 2.03. The molecule has 0 heterocycles. The van der Waals surface area contributed by atoms with E-state index in [4.69, 9.17) is 9.47 Å². The third-order valence-corrected chi connectivity index (χ3v) is 2.51. The first-order valence-corrected chi connectivity index (χ1v) is 6.69. The van der Waals surface area contributed by atoms with Crippen molar-refractivity contribution in [1.82, 2.24) is 5.32 Å². The Labute approximate surface area is 124 Å². The highest BCUT2D eigenvalue weighted by Gasteiger charge is 2.23. The lowest BCUT2D eigenvalue weighted by Gasteiger charge is -2.18. The SMILES string of the molecule is COC(=O)NC(COCc1ccccc1)C(=O)OC(C)C. The van der Waals surface area contributed by atoms with Gasteiger partial charge in [-0.25, -0.2) is 9.59 Å². The first-order chi connectivity index (χ1) is 10.0. The molecule has 1 amide bonds. The molecule has 0 spiro atoms. The second-order valence-electron chi connectivity index (χ2n) is 4.67. The third-order valence-electron chi connectivity index (χ3n) is 2.51. The third kappa shape index (κ3) is 6.76. The molecule has 6 heteroatoms. The number of amides is 1. The Bertz CT molecular complexity index is 447. The molecule has 21 heavy (non-hydrogen) atoms. The predicted octanol–water partition coefficient (Wildman–Crippen LogP) is 1.88. The van der Waals surface area contributed by atoms with Gasteiger partial charge in [-0.15, -0.1) is 0 Å². The number of rotatable bonds is 7. The van der Waals surface area contributed by atoms with Crippen molar-refractivity contribution in [2.45, 2.75) is 32.6 Å². The number of methoxy groups -OCH3 is 1. The Morgan fingerprint density at radius 1 is 1.19 bits per heavy atom. The van der Waals surface area contributed by atoms with Crippen LogP contribution in [-0.2, 0) is 25.6 Å². The molecule has 0 aliphatic carbocycles. The molecule has 0 fully saturated rings. The van der Waals surface area contributed by atoms with Gasteiger partial charge in [-0.05, 0) is 19.4 Å². The predicted molar refractivity (Wildman–Crippen MR) is 76.7 cm³/mol. The largest absolute Gasteiger partial charge is 0.461 e. The summed E-state index contributed by atoms with van der Waals surface area (Å²) in [5.41, 5.74) is 0.978. The number of hydrogen-bond donors (Lipinski definition) is 1. The van der Waals surface area contributed by atoms with E-state index < -0.39 is 18.1 Å². The number of carbonyl (C=O) groups excluding carboxylic acids is 2. The number of esters is 1. The van der Waals surface area contributed by atoms with E-state index in [9.17, 15) is 9.59 Å². The van der Waals surface area contributed by atoms with Crippen LogP contribution in [0.1, 0.15) is 19.4 Å². The molecule has 1 unspecified atom stereocenters. The summed E-state index contributed by atoms with van der Waals surface area (Å²) in [4.78, 5) is 23.1. The maximum absolute atomic E-state index is 11.9. The summed E-state index contributed by atoms with van der Waals surface area (Å²) in [6.45, 7) is 3.82. The van der Waals surface area contributed by atoms with E-state index in [0.29, 0.717) is 6.61 Å². The van der Waals surface area contributed by atoms with E-state index in [1.807, 2.05) is 30.3 Å². The van der Waals surface area contributed by atoms with Crippen molar-refractivity contribution in [1.29, 1.82) is 0 Å². The molecule has 0 aliphatic rings. The van der Waals surface area contributed by atoms with Crippen LogP contribution in [0.25, 0.3) is 0 Å². The molecule has 116 valence electrons. The number of ether oxygens (including phenoxy) is 3. The zero-order valence-corrected chi connectivity index (χ0v) is 12.5. The fraction of sp³-hybridized carbons (Fsp3) is 0.467. The fourth-order valence-corrected chi connectivity index (χ4v) is 1.55. The summed E-state index contributed by atoms with van der Waals surface area (Å²) in [5, 5.41) is 2.40. The molecule has 0 saturated heterocycles. The molecule has 0 aliphatic heterocycles. The van der Waals surface area contributed by atoms with E-state index in [2.05, 4.69) is 10.1 Å². The van der Waals surface area contributed by atoms with Crippen molar-refractivity contribution in [3.05, 3.63) is 35.9 Å². The topological polar surface area (TPSA) is 73.9 Å². The minimum absolute atomic E-state index is 0.00947. The monoisotopic (exact) mass is 295 g/mol. The van der Waals surface area contributed by atoms with Crippen LogP contribution in [0.5, 0.6) is 0 Å². The summed E-state index contributed by atoms with van der Waals surface area (Å²) >= 11 is 0. The van der Waals surface area contributed by atoms with Gasteiger partial charge < -0.3 is 19.5 Å². The van der Waals surface area contributed by atoms with Gasteiger partial charge in [0.2, 0.25) is 0 Å². The van der Waals surface area contributed by atoms with Crippen LogP contribution in [0.2, 0.25) is 0 Å². The molecule has 1 aromatic rings. The average molecular weight is 295 g/mol. The first-order valence-electron chi connectivity index (χ1n) is 6.69. The van der Waals surface area contributed by atoms with E-state index in [1.165, 1.54) is 7.11 Å². The summed E-state index contributed by atoms with van der Waals surface area (Å²) < 4.78 is 15.0. The average Bonchev–Trinajstić information content (AvgIpc) is 2.46. The number of nitrogens with one attached hydrogen (secondary N) is 1. The minimum Gasteiger partial charge on any atom is -0.461 e. The van der Waals surface area contributed by atoms with Crippen LogP contribution in [0.3, 0.4) is 0 Å². The maximum atomic E-state index is 11.9. The number of carbonyl (C=O) groups is 2. The number of benzene rings is 1. The summed E-state index contributed by atoms with van der Waals surface area (Å²) in [5.74, 6) is -0.552. The lowest BCUT2D eigenvalue weighted by atomic mass is 10.2. The minimum atomic E-state index is -0.899.